The van der Waals surface area contributed by atoms with Crippen LogP contribution >= 0.6 is 0 Å². The van der Waals surface area contributed by atoms with E-state index in [1.54, 1.807) is 36.4 Å². The molecule has 0 fully saturated rings. The Hall–Kier alpha value is -2.60. The van der Waals surface area contributed by atoms with Crippen molar-refractivity contribution >= 4 is 5.78 Å². The zero-order valence-electron chi connectivity index (χ0n) is 10.7. The smallest absolute Gasteiger partial charge is 0.176 e. The molecular formula is C16H15NO2. The van der Waals surface area contributed by atoms with Crippen LogP contribution in [0.3, 0.4) is 0 Å². The van der Waals surface area contributed by atoms with Gasteiger partial charge in [0.1, 0.15) is 5.75 Å². The summed E-state index contributed by atoms with van der Waals surface area (Å²) >= 11 is 0. The van der Waals surface area contributed by atoms with Crippen LogP contribution < -0.4 is 0 Å². The van der Waals surface area contributed by atoms with E-state index in [1.807, 2.05) is 31.2 Å². The molecule has 19 heavy (non-hydrogen) atoms. The Morgan fingerprint density at radius 1 is 1.11 bits per heavy atom. The molecule has 2 rings (SSSR count). The number of benzene rings is 2. The Kier molecular flexibility index (Phi) is 5.84. The number of hydrogen-bond donors (Lipinski definition) is 1. The molecule has 2 aromatic carbocycles. The van der Waals surface area contributed by atoms with Crippen molar-refractivity contribution in [2.75, 3.05) is 0 Å². The summed E-state index contributed by atoms with van der Waals surface area (Å²) in [5.41, 5.74) is 1.77. The van der Waals surface area contributed by atoms with Gasteiger partial charge < -0.3 is 5.11 Å². The number of hydrogen-bond acceptors (Lipinski definition) is 3. The second kappa shape index (κ2) is 7.67. The highest BCUT2D eigenvalue weighted by molar-refractivity contribution is 5.97. The highest BCUT2D eigenvalue weighted by Crippen LogP contribution is 2.07. The second-order valence-corrected chi connectivity index (χ2v) is 3.96. The number of aryl methyl sites for hydroxylation is 1. The van der Waals surface area contributed by atoms with Gasteiger partial charge in [-0.15, -0.1) is 0 Å². The average Bonchev–Trinajstić information content (AvgIpc) is 2.44. The lowest BCUT2D eigenvalue weighted by molar-refractivity contribution is 0.0997. The molecule has 0 unspecified atom stereocenters. The van der Waals surface area contributed by atoms with Gasteiger partial charge in [0.25, 0.3) is 0 Å². The minimum absolute atomic E-state index is 0.0377. The first kappa shape index (κ1) is 14.5. The van der Waals surface area contributed by atoms with Crippen molar-refractivity contribution in [3.05, 3.63) is 65.7 Å². The quantitative estimate of drug-likeness (QED) is 0.833. The van der Waals surface area contributed by atoms with Gasteiger partial charge in [-0.05, 0) is 19.1 Å². The first-order chi connectivity index (χ1) is 9.13. The number of Topliss-reactive ketones (excluding diaryl/α,β-unsaturated/α-hetero) is 1. The summed E-state index contributed by atoms with van der Waals surface area (Å²) in [6, 6.07) is 17.7. The average molecular weight is 253 g/mol. The Bertz CT molecular complexity index is 533. The molecule has 0 amide bonds. The lowest BCUT2D eigenvalue weighted by Gasteiger charge is -1.92. The summed E-state index contributed by atoms with van der Waals surface area (Å²) in [6.45, 7) is 1.99. The van der Waals surface area contributed by atoms with Gasteiger partial charge in [0.15, 0.2) is 5.78 Å². The zero-order chi connectivity index (χ0) is 14.1. The normalized spacial score (nSPS) is 8.84. The number of carbonyl (C=O) groups is 1. The van der Waals surface area contributed by atoms with E-state index >= 15 is 0 Å². The van der Waals surface area contributed by atoms with E-state index in [2.05, 4.69) is 0 Å². The van der Waals surface area contributed by atoms with Crippen LogP contribution in [0.4, 0.5) is 0 Å². The first-order valence-corrected chi connectivity index (χ1v) is 5.84. The monoisotopic (exact) mass is 253 g/mol. The van der Waals surface area contributed by atoms with Gasteiger partial charge in [0.05, 0.1) is 12.5 Å². The number of nitrogens with zero attached hydrogens (tertiary/aromatic N) is 1. The van der Waals surface area contributed by atoms with E-state index in [0.717, 1.165) is 0 Å². The van der Waals surface area contributed by atoms with Gasteiger partial charge in [-0.25, -0.2) is 0 Å². The molecule has 0 radical (unpaired) electrons. The van der Waals surface area contributed by atoms with Crippen LogP contribution in [0.1, 0.15) is 22.3 Å². The summed E-state index contributed by atoms with van der Waals surface area (Å²) < 4.78 is 0. The molecule has 0 aliphatic carbocycles. The third kappa shape index (κ3) is 5.51. The Morgan fingerprint density at radius 2 is 1.68 bits per heavy atom. The molecule has 2 aromatic rings. The van der Waals surface area contributed by atoms with Crippen molar-refractivity contribution in [1.29, 1.82) is 5.26 Å². The number of carbonyl (C=O) groups excluding carboxylic acids is 1. The molecule has 3 heteroatoms. The lowest BCUT2D eigenvalue weighted by Crippen LogP contribution is -1.95. The zero-order valence-corrected chi connectivity index (χ0v) is 10.7. The third-order valence-electron chi connectivity index (χ3n) is 2.37. The van der Waals surface area contributed by atoms with Crippen LogP contribution in [0.25, 0.3) is 0 Å². The summed E-state index contributed by atoms with van der Waals surface area (Å²) in [5, 5.41) is 17.0. The molecule has 0 saturated heterocycles. The number of aromatic hydroxyl groups is 1. The molecule has 0 aliphatic heterocycles. The van der Waals surface area contributed by atoms with E-state index in [4.69, 9.17) is 10.4 Å². The molecule has 0 saturated carbocycles. The van der Waals surface area contributed by atoms with E-state index in [0.29, 0.717) is 11.3 Å². The standard InChI is InChI=1S/C9H7NO.C7H8O/c10-7-6-9(11)8-4-2-1-3-5-8;1-6-2-4-7(8)5-3-6/h1-5H,6H2;2-5,8H,1H3. The van der Waals surface area contributed by atoms with Crippen molar-refractivity contribution in [1.82, 2.24) is 0 Å². The molecule has 0 spiro atoms. The molecule has 0 aliphatic rings. The van der Waals surface area contributed by atoms with Gasteiger partial charge in [-0.1, -0.05) is 48.0 Å². The van der Waals surface area contributed by atoms with Crippen molar-refractivity contribution < 1.29 is 9.90 Å². The first-order valence-electron chi connectivity index (χ1n) is 5.84. The third-order valence-corrected chi connectivity index (χ3v) is 2.37. The van der Waals surface area contributed by atoms with Crippen LogP contribution in [0.2, 0.25) is 0 Å². The Balaban J connectivity index is 0.000000200. The number of rotatable bonds is 2. The maximum atomic E-state index is 11.0. The molecule has 0 aromatic heterocycles. The van der Waals surface area contributed by atoms with Gasteiger partial charge in [0.2, 0.25) is 0 Å². The highest BCUT2D eigenvalue weighted by Gasteiger charge is 2.01. The molecule has 0 atom stereocenters. The fourth-order valence-corrected chi connectivity index (χ4v) is 1.34. The summed E-state index contributed by atoms with van der Waals surface area (Å²) in [4.78, 5) is 11.0. The molecule has 3 nitrogen and oxygen atoms in total. The fraction of sp³-hybridized carbons (Fsp3) is 0.125. The number of phenols is 1. The van der Waals surface area contributed by atoms with Gasteiger partial charge in [-0.3, -0.25) is 4.79 Å². The maximum Gasteiger partial charge on any atom is 0.176 e. The Labute approximate surface area is 112 Å². The van der Waals surface area contributed by atoms with Gasteiger partial charge in [-0.2, -0.15) is 5.26 Å². The SMILES string of the molecule is Cc1ccc(O)cc1.N#CCC(=O)c1ccccc1. The van der Waals surface area contributed by atoms with Crippen LogP contribution in [-0.2, 0) is 0 Å². The van der Waals surface area contributed by atoms with Crippen molar-refractivity contribution in [3.63, 3.8) is 0 Å². The van der Waals surface area contributed by atoms with Crippen LogP contribution in [0, 0.1) is 18.3 Å². The van der Waals surface area contributed by atoms with Crippen LogP contribution in [-0.4, -0.2) is 10.9 Å². The second-order valence-electron chi connectivity index (χ2n) is 3.96. The van der Waals surface area contributed by atoms with Crippen LogP contribution in [0.5, 0.6) is 5.75 Å². The van der Waals surface area contributed by atoms with E-state index in [1.165, 1.54) is 5.56 Å². The minimum atomic E-state index is -0.117. The molecule has 96 valence electrons. The van der Waals surface area contributed by atoms with Crippen molar-refractivity contribution in [3.8, 4) is 11.8 Å². The predicted molar refractivity (Wildman–Crippen MR) is 73.8 cm³/mol. The van der Waals surface area contributed by atoms with E-state index in [9.17, 15) is 4.79 Å². The van der Waals surface area contributed by atoms with Gasteiger partial charge >= 0.3 is 0 Å². The highest BCUT2D eigenvalue weighted by atomic mass is 16.3. The summed E-state index contributed by atoms with van der Waals surface area (Å²) in [6.07, 6.45) is -0.0377. The van der Waals surface area contributed by atoms with Crippen LogP contribution in [0.15, 0.2) is 54.6 Å². The predicted octanol–water partition coefficient (Wildman–Crippen LogP) is 3.48. The molecular weight excluding hydrogens is 238 g/mol. The largest absolute Gasteiger partial charge is 0.508 e. The van der Waals surface area contributed by atoms with Gasteiger partial charge in [0, 0.05) is 5.56 Å². The van der Waals surface area contributed by atoms with E-state index < -0.39 is 0 Å². The Morgan fingerprint density at radius 3 is 2.16 bits per heavy atom. The number of ketones is 1. The lowest BCUT2D eigenvalue weighted by atomic mass is 10.1. The number of phenolic OH excluding ortho intramolecular Hbond substituents is 1. The van der Waals surface area contributed by atoms with E-state index in [-0.39, 0.29) is 12.2 Å². The summed E-state index contributed by atoms with van der Waals surface area (Å²) in [5.74, 6) is 0.212. The molecule has 0 heterocycles. The molecule has 1 N–H and O–H groups in total. The summed E-state index contributed by atoms with van der Waals surface area (Å²) in [7, 11) is 0. The topological polar surface area (TPSA) is 61.1 Å². The molecule has 0 bridgehead atoms. The van der Waals surface area contributed by atoms with Crippen molar-refractivity contribution in [2.24, 2.45) is 0 Å². The van der Waals surface area contributed by atoms with Crippen molar-refractivity contribution in [2.45, 2.75) is 13.3 Å². The number of nitriles is 1. The minimum Gasteiger partial charge on any atom is -0.508 e. The maximum absolute atomic E-state index is 11.0. The fourth-order valence-electron chi connectivity index (χ4n) is 1.34.